The van der Waals surface area contributed by atoms with Gasteiger partial charge in [-0.3, -0.25) is 9.59 Å². The van der Waals surface area contributed by atoms with E-state index >= 15 is 0 Å². The second kappa shape index (κ2) is 5.50. The van der Waals surface area contributed by atoms with Gasteiger partial charge in [-0.2, -0.15) is 0 Å². The van der Waals surface area contributed by atoms with Gasteiger partial charge in [-0.1, -0.05) is 11.6 Å². The molecule has 7 heteroatoms. The lowest BCUT2D eigenvalue weighted by Gasteiger charge is -2.12. The van der Waals surface area contributed by atoms with Gasteiger partial charge in [0.05, 0.1) is 11.3 Å². The van der Waals surface area contributed by atoms with Crippen LogP contribution in [-0.4, -0.2) is 23.0 Å². The van der Waals surface area contributed by atoms with Crippen LogP contribution in [0.15, 0.2) is 12.1 Å². The highest BCUT2D eigenvalue weighted by Gasteiger charge is 2.19. The molecular weight excluding hydrogens is 262 g/mol. The molecule has 0 aliphatic carbocycles. The quantitative estimate of drug-likeness (QED) is 0.647. The van der Waals surface area contributed by atoms with Gasteiger partial charge in [-0.15, -0.1) is 0 Å². The van der Waals surface area contributed by atoms with Crippen molar-refractivity contribution >= 4 is 35.1 Å². The third kappa shape index (κ3) is 3.46. The highest BCUT2D eigenvalue weighted by Crippen LogP contribution is 2.33. The molecule has 1 rings (SSSR count). The molecular formula is C11H10ClNO5. The Bertz CT molecular complexity index is 526. The van der Waals surface area contributed by atoms with Gasteiger partial charge in [0.25, 0.3) is 0 Å². The number of benzene rings is 1. The fraction of sp³-hybridized carbons (Fsp3) is 0.182. The van der Waals surface area contributed by atoms with Crippen molar-refractivity contribution in [1.82, 2.24) is 0 Å². The zero-order valence-corrected chi connectivity index (χ0v) is 10.4. The normalized spacial score (nSPS) is 9.72. The van der Waals surface area contributed by atoms with Crippen molar-refractivity contribution in [2.24, 2.45) is 0 Å². The second-order valence-corrected chi connectivity index (χ2v) is 3.84. The maximum atomic E-state index is 11.0. The van der Waals surface area contributed by atoms with E-state index in [-0.39, 0.29) is 22.0 Å². The third-order valence-electron chi connectivity index (χ3n) is 1.85. The first-order chi connectivity index (χ1) is 8.31. The molecule has 0 aliphatic heterocycles. The van der Waals surface area contributed by atoms with Crippen LogP contribution in [0.25, 0.3) is 0 Å². The number of esters is 1. The summed E-state index contributed by atoms with van der Waals surface area (Å²) in [5.74, 6) is -2.55. The molecule has 0 heterocycles. The largest absolute Gasteiger partial charge is 0.478 e. The van der Waals surface area contributed by atoms with Crippen molar-refractivity contribution in [1.29, 1.82) is 0 Å². The van der Waals surface area contributed by atoms with E-state index in [1.807, 2.05) is 0 Å². The minimum absolute atomic E-state index is 0.0813. The summed E-state index contributed by atoms with van der Waals surface area (Å²) in [6.45, 7) is 2.36. The van der Waals surface area contributed by atoms with Crippen LogP contribution in [-0.2, 0) is 9.59 Å². The zero-order chi connectivity index (χ0) is 13.9. The number of amides is 1. The Morgan fingerprint density at radius 3 is 2.33 bits per heavy atom. The Labute approximate surface area is 108 Å². The predicted molar refractivity (Wildman–Crippen MR) is 64.0 cm³/mol. The molecule has 96 valence electrons. The first-order valence-electron chi connectivity index (χ1n) is 4.84. The summed E-state index contributed by atoms with van der Waals surface area (Å²) in [7, 11) is 0. The highest BCUT2D eigenvalue weighted by atomic mass is 35.5. The summed E-state index contributed by atoms with van der Waals surface area (Å²) in [6, 6.07) is 2.41. The van der Waals surface area contributed by atoms with Crippen LogP contribution in [0.3, 0.4) is 0 Å². The standard InChI is InChI=1S/C11H10ClNO5/c1-5(14)13-10-8(11(16)17)3-7(12)4-9(10)18-6(2)15/h3-4H,1-2H3,(H,13,14)(H,16,17). The van der Waals surface area contributed by atoms with Crippen molar-refractivity contribution < 1.29 is 24.2 Å². The second-order valence-electron chi connectivity index (χ2n) is 3.41. The zero-order valence-electron chi connectivity index (χ0n) is 9.61. The smallest absolute Gasteiger partial charge is 0.338 e. The topological polar surface area (TPSA) is 92.7 Å². The first kappa shape index (κ1) is 14.0. The molecule has 0 spiro atoms. The first-order valence-corrected chi connectivity index (χ1v) is 5.22. The molecule has 0 bridgehead atoms. The molecule has 0 fully saturated rings. The number of ether oxygens (including phenoxy) is 1. The van der Waals surface area contributed by atoms with Crippen LogP contribution >= 0.6 is 11.6 Å². The van der Waals surface area contributed by atoms with Gasteiger partial charge in [0, 0.05) is 24.9 Å². The number of hydrogen-bond donors (Lipinski definition) is 2. The van der Waals surface area contributed by atoms with E-state index in [0.29, 0.717) is 0 Å². The van der Waals surface area contributed by atoms with Crippen LogP contribution in [0.2, 0.25) is 5.02 Å². The van der Waals surface area contributed by atoms with E-state index in [1.54, 1.807) is 0 Å². The molecule has 18 heavy (non-hydrogen) atoms. The molecule has 0 aromatic heterocycles. The third-order valence-corrected chi connectivity index (χ3v) is 2.07. The molecule has 1 aromatic rings. The molecule has 2 N–H and O–H groups in total. The number of nitrogens with one attached hydrogen (secondary N) is 1. The van der Waals surface area contributed by atoms with E-state index in [9.17, 15) is 14.4 Å². The monoisotopic (exact) mass is 271 g/mol. The summed E-state index contributed by atoms with van der Waals surface area (Å²) in [5, 5.41) is 11.4. The Morgan fingerprint density at radius 2 is 1.89 bits per heavy atom. The van der Waals surface area contributed by atoms with E-state index in [0.717, 1.165) is 13.0 Å². The van der Waals surface area contributed by atoms with Gasteiger partial charge in [-0.25, -0.2) is 4.79 Å². The molecule has 0 aliphatic rings. The number of halogens is 1. The highest BCUT2D eigenvalue weighted by molar-refractivity contribution is 6.31. The maximum Gasteiger partial charge on any atom is 0.338 e. The number of carboxylic acids is 1. The Morgan fingerprint density at radius 1 is 1.28 bits per heavy atom. The van der Waals surface area contributed by atoms with Crippen molar-refractivity contribution in [3.8, 4) is 5.75 Å². The number of carbonyl (C=O) groups excluding carboxylic acids is 2. The van der Waals surface area contributed by atoms with Crippen molar-refractivity contribution in [2.45, 2.75) is 13.8 Å². The van der Waals surface area contributed by atoms with Crippen molar-refractivity contribution in [2.75, 3.05) is 5.32 Å². The van der Waals surface area contributed by atoms with Crippen LogP contribution in [0.4, 0.5) is 5.69 Å². The summed E-state index contributed by atoms with van der Waals surface area (Å²) in [4.78, 5) is 33.0. The fourth-order valence-electron chi connectivity index (χ4n) is 1.29. The van der Waals surface area contributed by atoms with Gasteiger partial charge in [-0.05, 0) is 6.07 Å². The Hall–Kier alpha value is -2.08. The van der Waals surface area contributed by atoms with Crippen LogP contribution < -0.4 is 10.1 Å². The predicted octanol–water partition coefficient (Wildman–Crippen LogP) is 1.92. The molecule has 0 saturated heterocycles. The van der Waals surface area contributed by atoms with Crippen molar-refractivity contribution in [3.63, 3.8) is 0 Å². The number of rotatable bonds is 3. The molecule has 0 saturated carbocycles. The van der Waals surface area contributed by atoms with Gasteiger partial charge in [0.15, 0.2) is 5.75 Å². The molecule has 0 radical (unpaired) electrons. The average molecular weight is 272 g/mol. The van der Waals surface area contributed by atoms with Crippen molar-refractivity contribution in [3.05, 3.63) is 22.7 Å². The van der Waals surface area contributed by atoms with Gasteiger partial charge < -0.3 is 15.2 Å². The van der Waals surface area contributed by atoms with E-state index in [1.165, 1.54) is 13.0 Å². The van der Waals surface area contributed by atoms with Crippen LogP contribution in [0.5, 0.6) is 5.75 Å². The summed E-state index contributed by atoms with van der Waals surface area (Å²) in [6.07, 6.45) is 0. The van der Waals surface area contributed by atoms with E-state index in [4.69, 9.17) is 21.4 Å². The van der Waals surface area contributed by atoms with Gasteiger partial charge >= 0.3 is 11.9 Å². The van der Waals surface area contributed by atoms with Crippen LogP contribution in [0, 0.1) is 0 Å². The number of hydrogen-bond acceptors (Lipinski definition) is 4. The fourth-order valence-corrected chi connectivity index (χ4v) is 1.50. The maximum absolute atomic E-state index is 11.0. The minimum Gasteiger partial charge on any atom is -0.478 e. The number of aromatic carboxylic acids is 1. The minimum atomic E-state index is -1.30. The number of carboxylic acid groups (broad SMARTS) is 1. The van der Waals surface area contributed by atoms with Crippen LogP contribution in [0.1, 0.15) is 24.2 Å². The lowest BCUT2D eigenvalue weighted by Crippen LogP contribution is -2.14. The molecule has 1 amide bonds. The molecule has 0 unspecified atom stereocenters. The molecule has 1 aromatic carbocycles. The van der Waals surface area contributed by atoms with Gasteiger partial charge in [0.1, 0.15) is 0 Å². The number of carbonyl (C=O) groups is 3. The number of anilines is 1. The van der Waals surface area contributed by atoms with Gasteiger partial charge in [0.2, 0.25) is 5.91 Å². The summed E-state index contributed by atoms with van der Waals surface area (Å²) >= 11 is 5.72. The summed E-state index contributed by atoms with van der Waals surface area (Å²) < 4.78 is 4.82. The average Bonchev–Trinajstić information content (AvgIpc) is 2.19. The molecule has 6 nitrogen and oxygen atoms in total. The summed E-state index contributed by atoms with van der Waals surface area (Å²) in [5.41, 5.74) is -0.358. The SMILES string of the molecule is CC(=O)Nc1c(OC(C)=O)cc(Cl)cc1C(=O)O. The van der Waals surface area contributed by atoms with E-state index in [2.05, 4.69) is 5.32 Å². The Balaban J connectivity index is 3.41. The Kier molecular flexibility index (Phi) is 4.28. The van der Waals surface area contributed by atoms with E-state index < -0.39 is 17.8 Å². The molecule has 0 atom stereocenters. The lowest BCUT2D eigenvalue weighted by atomic mass is 10.1. The lowest BCUT2D eigenvalue weighted by molar-refractivity contribution is -0.131.